The van der Waals surface area contributed by atoms with Crippen molar-refractivity contribution in [2.75, 3.05) is 5.43 Å². The van der Waals surface area contributed by atoms with Crippen LogP contribution in [0.2, 0.25) is 0 Å². The number of aryl methyl sites for hydroxylation is 2. The van der Waals surface area contributed by atoms with Crippen LogP contribution in [0.25, 0.3) is 20.8 Å². The number of phenols is 1. The Morgan fingerprint density at radius 3 is 2.43 bits per heavy atom. The number of benzene rings is 3. The molecule has 1 aromatic heterocycles. The van der Waals surface area contributed by atoms with Gasteiger partial charge in [0, 0.05) is 11.1 Å². The van der Waals surface area contributed by atoms with Crippen molar-refractivity contribution in [2.24, 2.45) is 0 Å². The summed E-state index contributed by atoms with van der Waals surface area (Å²) >= 11 is 1.60. The number of nitrogens with one attached hydrogen (secondary N) is 1. The SMILES string of the molecule is Cc1ccc2nc(-c3ccc(N[NH2+]c4c(C)cc(O)cc4C(F)(F)F)cc3)sc2c1. The summed E-state index contributed by atoms with van der Waals surface area (Å²) in [7, 11) is 0. The van der Waals surface area contributed by atoms with Crippen LogP contribution in [0.5, 0.6) is 5.75 Å². The normalized spacial score (nSPS) is 11.8. The third-order valence-corrected chi connectivity index (χ3v) is 5.80. The number of alkyl halides is 3. The molecular weight excluding hydrogens is 411 g/mol. The molecule has 30 heavy (non-hydrogen) atoms. The molecule has 0 saturated carbocycles. The maximum atomic E-state index is 13.3. The first-order chi connectivity index (χ1) is 14.2. The van der Waals surface area contributed by atoms with Crippen molar-refractivity contribution in [3.8, 4) is 16.3 Å². The number of anilines is 1. The molecule has 0 radical (unpaired) electrons. The molecule has 8 heteroatoms. The molecule has 4 N–H and O–H groups in total. The van der Waals surface area contributed by atoms with Gasteiger partial charge in [0.15, 0.2) is 5.69 Å². The van der Waals surface area contributed by atoms with Gasteiger partial charge in [0.25, 0.3) is 0 Å². The highest BCUT2D eigenvalue weighted by Crippen LogP contribution is 2.37. The number of nitrogen functional groups attached to an aromatic ring is 1. The number of rotatable bonds is 4. The van der Waals surface area contributed by atoms with Crippen molar-refractivity contribution < 1.29 is 23.7 Å². The van der Waals surface area contributed by atoms with Crippen molar-refractivity contribution in [1.82, 2.24) is 4.98 Å². The fourth-order valence-corrected chi connectivity index (χ4v) is 4.29. The Morgan fingerprint density at radius 1 is 1.00 bits per heavy atom. The summed E-state index contributed by atoms with van der Waals surface area (Å²) in [6, 6.07) is 15.5. The maximum Gasteiger partial charge on any atom is 0.422 e. The molecule has 1 heterocycles. The summed E-state index contributed by atoms with van der Waals surface area (Å²) in [6.07, 6.45) is -4.56. The second-order valence-corrected chi connectivity index (χ2v) is 8.11. The number of fused-ring (bicyclic) bond motifs is 1. The van der Waals surface area contributed by atoms with Crippen LogP contribution in [0, 0.1) is 13.8 Å². The first kappa shape index (κ1) is 20.2. The van der Waals surface area contributed by atoms with Gasteiger partial charge < -0.3 is 5.11 Å². The number of aromatic nitrogens is 1. The van der Waals surface area contributed by atoms with Crippen LogP contribution >= 0.6 is 11.3 Å². The Balaban J connectivity index is 1.55. The largest absolute Gasteiger partial charge is 0.508 e. The van der Waals surface area contributed by atoms with Crippen LogP contribution in [0.15, 0.2) is 54.6 Å². The third kappa shape index (κ3) is 4.10. The molecule has 0 spiro atoms. The van der Waals surface area contributed by atoms with E-state index < -0.39 is 17.5 Å². The highest BCUT2D eigenvalue weighted by molar-refractivity contribution is 7.21. The van der Waals surface area contributed by atoms with Crippen LogP contribution in [0.3, 0.4) is 0 Å². The van der Waals surface area contributed by atoms with Crippen molar-refractivity contribution in [2.45, 2.75) is 20.0 Å². The van der Waals surface area contributed by atoms with E-state index in [0.717, 1.165) is 26.9 Å². The van der Waals surface area contributed by atoms with Crippen LogP contribution in [-0.4, -0.2) is 10.1 Å². The second-order valence-electron chi connectivity index (χ2n) is 7.08. The predicted molar refractivity (Wildman–Crippen MR) is 113 cm³/mol. The lowest BCUT2D eigenvalue weighted by molar-refractivity contribution is -0.540. The number of quaternary nitrogens is 1. The fourth-order valence-electron chi connectivity index (χ4n) is 3.23. The van der Waals surface area contributed by atoms with Gasteiger partial charge in [-0.25, -0.2) is 15.8 Å². The zero-order valence-electron chi connectivity index (χ0n) is 16.2. The third-order valence-electron chi connectivity index (χ3n) is 4.74. The second kappa shape index (κ2) is 7.62. The van der Waals surface area contributed by atoms with Crippen molar-refractivity contribution in [1.29, 1.82) is 0 Å². The monoisotopic (exact) mass is 430 g/mol. The van der Waals surface area contributed by atoms with E-state index in [2.05, 4.69) is 16.5 Å². The number of thiazole rings is 1. The number of nitrogens with two attached hydrogens (primary N) is 1. The molecule has 154 valence electrons. The molecule has 0 amide bonds. The number of phenolic OH excluding ortho intramolecular Hbond substituents is 1. The molecule has 3 aromatic carbocycles. The molecular formula is C22H19F3N3OS+. The summed E-state index contributed by atoms with van der Waals surface area (Å²) in [5.74, 6) is -0.410. The van der Waals surface area contributed by atoms with Gasteiger partial charge in [-0.15, -0.1) is 11.3 Å². The van der Waals surface area contributed by atoms with E-state index >= 15 is 0 Å². The Morgan fingerprint density at radius 2 is 1.73 bits per heavy atom. The average molecular weight is 430 g/mol. The van der Waals surface area contributed by atoms with Crippen LogP contribution < -0.4 is 10.9 Å². The van der Waals surface area contributed by atoms with E-state index in [-0.39, 0.29) is 5.69 Å². The van der Waals surface area contributed by atoms with Crippen molar-refractivity contribution in [3.05, 3.63) is 71.3 Å². The molecule has 0 atom stereocenters. The number of halogens is 3. The van der Waals surface area contributed by atoms with Gasteiger partial charge in [0.05, 0.1) is 15.9 Å². The van der Waals surface area contributed by atoms with E-state index in [1.165, 1.54) is 24.0 Å². The summed E-state index contributed by atoms with van der Waals surface area (Å²) in [4.78, 5) is 4.65. The van der Waals surface area contributed by atoms with Crippen LogP contribution in [0.4, 0.5) is 24.5 Å². The molecule has 0 unspecified atom stereocenters. The van der Waals surface area contributed by atoms with Crippen LogP contribution in [-0.2, 0) is 6.18 Å². The zero-order chi connectivity index (χ0) is 21.5. The van der Waals surface area contributed by atoms with Gasteiger partial charge in [-0.1, -0.05) is 6.07 Å². The first-order valence-electron chi connectivity index (χ1n) is 9.19. The number of aromatic hydroxyl groups is 1. The first-order valence-corrected chi connectivity index (χ1v) is 10.0. The molecule has 4 rings (SSSR count). The summed E-state index contributed by atoms with van der Waals surface area (Å²) < 4.78 is 41.1. The summed E-state index contributed by atoms with van der Waals surface area (Å²) in [5.41, 5.74) is 7.39. The molecule has 0 saturated heterocycles. The Bertz CT molecular complexity index is 1220. The van der Waals surface area contributed by atoms with E-state index in [4.69, 9.17) is 0 Å². The van der Waals surface area contributed by atoms with E-state index in [1.54, 1.807) is 23.5 Å². The van der Waals surface area contributed by atoms with Gasteiger partial charge in [-0.2, -0.15) is 13.2 Å². The van der Waals surface area contributed by atoms with E-state index in [0.29, 0.717) is 11.3 Å². The van der Waals surface area contributed by atoms with E-state index in [1.807, 2.05) is 31.2 Å². The average Bonchev–Trinajstić information content (AvgIpc) is 3.09. The highest BCUT2D eigenvalue weighted by atomic mass is 32.1. The molecule has 0 fully saturated rings. The Hall–Kier alpha value is -3.10. The van der Waals surface area contributed by atoms with Gasteiger partial charge >= 0.3 is 6.18 Å². The van der Waals surface area contributed by atoms with Gasteiger partial charge in [-0.05, 0) is 67.9 Å². The lowest BCUT2D eigenvalue weighted by Crippen LogP contribution is -2.83. The standard InChI is InChI=1S/C22H18F3N3OS/c1-12-3-8-18-19(9-12)30-21(26-18)14-4-6-15(7-5-14)27-28-20-13(2)10-16(29)11-17(20)22(23,24)25/h3-11,27-29H,1-2H3/p+1. The number of hydrogen-bond acceptors (Lipinski definition) is 4. The van der Waals surface area contributed by atoms with Crippen LogP contribution in [0.1, 0.15) is 16.7 Å². The predicted octanol–water partition coefficient (Wildman–Crippen LogP) is 5.53. The zero-order valence-corrected chi connectivity index (χ0v) is 17.0. The maximum absolute atomic E-state index is 13.3. The van der Waals surface area contributed by atoms with Gasteiger partial charge in [0.1, 0.15) is 16.3 Å². The lowest BCUT2D eigenvalue weighted by atomic mass is 10.1. The quantitative estimate of drug-likeness (QED) is 0.173. The Kier molecular flexibility index (Phi) is 5.13. The van der Waals surface area contributed by atoms with E-state index in [9.17, 15) is 18.3 Å². The smallest absolute Gasteiger partial charge is 0.422 e. The molecule has 0 aliphatic heterocycles. The molecule has 0 aliphatic rings. The minimum atomic E-state index is -4.56. The molecule has 0 aliphatic carbocycles. The van der Waals surface area contributed by atoms with Crippen molar-refractivity contribution >= 4 is 32.9 Å². The van der Waals surface area contributed by atoms with Crippen molar-refractivity contribution in [3.63, 3.8) is 0 Å². The van der Waals surface area contributed by atoms with Gasteiger partial charge in [-0.3, -0.25) is 0 Å². The number of hydrogen-bond donors (Lipinski definition) is 3. The number of nitrogens with zero attached hydrogens (tertiary/aromatic N) is 1. The lowest BCUT2D eigenvalue weighted by Gasteiger charge is -2.14. The minimum Gasteiger partial charge on any atom is -0.508 e. The molecule has 4 aromatic rings. The Labute approximate surface area is 175 Å². The highest BCUT2D eigenvalue weighted by Gasteiger charge is 2.37. The van der Waals surface area contributed by atoms with Gasteiger partial charge in [0.2, 0.25) is 0 Å². The summed E-state index contributed by atoms with van der Waals surface area (Å²) in [5, 5.41) is 10.4. The minimum absolute atomic E-state index is 0.00841. The summed E-state index contributed by atoms with van der Waals surface area (Å²) in [6.45, 7) is 3.57. The molecule has 4 nitrogen and oxygen atoms in total. The molecule has 0 bridgehead atoms. The topological polar surface area (TPSA) is 61.8 Å². The fraction of sp³-hybridized carbons (Fsp3) is 0.136.